The molecule has 0 radical (unpaired) electrons. The van der Waals surface area contributed by atoms with Crippen molar-refractivity contribution in [3.63, 3.8) is 0 Å². The Balaban J connectivity index is 2.11. The Morgan fingerprint density at radius 3 is 2.56 bits per heavy atom. The number of aromatic amines is 1. The standard InChI is InChI=1S/C14H14N4/c1-9(2)14-15-6-11(7-16-14)12-5-3-4-10-8-17-18-13(10)12/h3-9H,1-2H3,(H,17,18). The van der Waals surface area contributed by atoms with Crippen LogP contribution < -0.4 is 0 Å². The van der Waals surface area contributed by atoms with Crippen LogP contribution in [-0.2, 0) is 0 Å². The number of rotatable bonds is 2. The van der Waals surface area contributed by atoms with Crippen molar-refractivity contribution in [2.24, 2.45) is 0 Å². The molecule has 4 heteroatoms. The van der Waals surface area contributed by atoms with E-state index in [1.54, 1.807) is 0 Å². The van der Waals surface area contributed by atoms with Gasteiger partial charge in [-0.3, -0.25) is 5.10 Å². The van der Waals surface area contributed by atoms with E-state index in [4.69, 9.17) is 0 Å². The quantitative estimate of drug-likeness (QED) is 0.746. The molecule has 0 aliphatic rings. The fraction of sp³-hybridized carbons (Fsp3) is 0.214. The van der Waals surface area contributed by atoms with Gasteiger partial charge in [-0.1, -0.05) is 32.0 Å². The Kier molecular flexibility index (Phi) is 2.55. The second kappa shape index (κ2) is 4.22. The summed E-state index contributed by atoms with van der Waals surface area (Å²) in [6.45, 7) is 4.18. The molecule has 0 bridgehead atoms. The Morgan fingerprint density at radius 2 is 1.83 bits per heavy atom. The van der Waals surface area contributed by atoms with Crippen molar-refractivity contribution in [2.75, 3.05) is 0 Å². The number of aromatic nitrogens is 4. The van der Waals surface area contributed by atoms with Crippen LogP contribution in [0.4, 0.5) is 0 Å². The zero-order chi connectivity index (χ0) is 12.5. The minimum atomic E-state index is 0.349. The number of H-pyrrole nitrogens is 1. The van der Waals surface area contributed by atoms with Crippen LogP contribution in [0.15, 0.2) is 36.8 Å². The minimum absolute atomic E-state index is 0.349. The van der Waals surface area contributed by atoms with Gasteiger partial charge in [-0.05, 0) is 0 Å². The molecule has 0 saturated carbocycles. The molecule has 18 heavy (non-hydrogen) atoms. The lowest BCUT2D eigenvalue weighted by Gasteiger charge is -2.05. The molecule has 0 atom stereocenters. The maximum absolute atomic E-state index is 4.40. The molecule has 3 aromatic rings. The molecule has 0 fully saturated rings. The van der Waals surface area contributed by atoms with Crippen molar-refractivity contribution in [3.05, 3.63) is 42.6 Å². The smallest absolute Gasteiger partial charge is 0.130 e. The van der Waals surface area contributed by atoms with Crippen LogP contribution in [0, 0.1) is 0 Å². The van der Waals surface area contributed by atoms with Crippen LogP contribution in [0.1, 0.15) is 25.6 Å². The van der Waals surface area contributed by atoms with Crippen molar-refractivity contribution >= 4 is 10.9 Å². The summed E-state index contributed by atoms with van der Waals surface area (Å²) >= 11 is 0. The van der Waals surface area contributed by atoms with Crippen LogP contribution >= 0.6 is 0 Å². The first-order valence-electron chi connectivity index (χ1n) is 6.00. The normalized spacial score (nSPS) is 11.3. The number of fused-ring (bicyclic) bond motifs is 1. The average Bonchev–Trinajstić information content (AvgIpc) is 2.87. The molecule has 0 aliphatic carbocycles. The minimum Gasteiger partial charge on any atom is -0.277 e. The third-order valence-electron chi connectivity index (χ3n) is 2.98. The maximum atomic E-state index is 4.40. The molecule has 4 nitrogen and oxygen atoms in total. The molecule has 0 spiro atoms. The summed E-state index contributed by atoms with van der Waals surface area (Å²) in [4.78, 5) is 8.80. The zero-order valence-corrected chi connectivity index (χ0v) is 10.4. The fourth-order valence-corrected chi connectivity index (χ4v) is 1.98. The van der Waals surface area contributed by atoms with Crippen LogP contribution in [0.2, 0.25) is 0 Å². The molecule has 0 saturated heterocycles. The van der Waals surface area contributed by atoms with Gasteiger partial charge in [0, 0.05) is 34.8 Å². The Labute approximate surface area is 105 Å². The molecule has 90 valence electrons. The van der Waals surface area contributed by atoms with Gasteiger partial charge >= 0.3 is 0 Å². The Bertz CT molecular complexity index is 668. The van der Waals surface area contributed by atoms with Crippen LogP contribution in [0.5, 0.6) is 0 Å². The number of hydrogen-bond donors (Lipinski definition) is 1. The van der Waals surface area contributed by atoms with Crippen LogP contribution in [-0.4, -0.2) is 20.2 Å². The van der Waals surface area contributed by atoms with E-state index in [1.165, 1.54) is 0 Å². The number of benzene rings is 1. The second-order valence-electron chi connectivity index (χ2n) is 4.62. The lowest BCUT2D eigenvalue weighted by molar-refractivity contribution is 0.775. The van der Waals surface area contributed by atoms with E-state index in [-0.39, 0.29) is 0 Å². The summed E-state index contributed by atoms with van der Waals surface area (Å²) < 4.78 is 0. The summed E-state index contributed by atoms with van der Waals surface area (Å²) in [5.41, 5.74) is 3.12. The van der Waals surface area contributed by atoms with Gasteiger partial charge in [0.15, 0.2) is 0 Å². The highest BCUT2D eigenvalue weighted by Crippen LogP contribution is 2.26. The molecular formula is C14H14N4. The largest absolute Gasteiger partial charge is 0.277 e. The van der Waals surface area contributed by atoms with Gasteiger partial charge in [-0.15, -0.1) is 0 Å². The topological polar surface area (TPSA) is 54.5 Å². The highest BCUT2D eigenvalue weighted by atomic mass is 15.1. The molecule has 3 rings (SSSR count). The summed E-state index contributed by atoms with van der Waals surface area (Å²) in [5.74, 6) is 1.22. The third-order valence-corrected chi connectivity index (χ3v) is 2.98. The molecular weight excluding hydrogens is 224 g/mol. The predicted octanol–water partition coefficient (Wildman–Crippen LogP) is 3.14. The van der Waals surface area contributed by atoms with Gasteiger partial charge in [0.25, 0.3) is 0 Å². The Hall–Kier alpha value is -2.23. The predicted molar refractivity (Wildman–Crippen MR) is 71.2 cm³/mol. The fourth-order valence-electron chi connectivity index (χ4n) is 1.98. The highest BCUT2D eigenvalue weighted by molar-refractivity contribution is 5.92. The van der Waals surface area contributed by atoms with Crippen LogP contribution in [0.25, 0.3) is 22.0 Å². The van der Waals surface area contributed by atoms with Crippen molar-refractivity contribution in [1.29, 1.82) is 0 Å². The van der Waals surface area contributed by atoms with Gasteiger partial charge in [-0.2, -0.15) is 5.10 Å². The van der Waals surface area contributed by atoms with E-state index in [9.17, 15) is 0 Å². The third kappa shape index (κ3) is 1.76. The Morgan fingerprint density at radius 1 is 1.06 bits per heavy atom. The summed E-state index contributed by atoms with van der Waals surface area (Å²) in [6, 6.07) is 6.10. The van der Waals surface area contributed by atoms with E-state index < -0.39 is 0 Å². The maximum Gasteiger partial charge on any atom is 0.130 e. The lowest BCUT2D eigenvalue weighted by Crippen LogP contribution is -1.96. The van der Waals surface area contributed by atoms with E-state index in [2.05, 4.69) is 34.0 Å². The highest BCUT2D eigenvalue weighted by Gasteiger charge is 2.07. The molecule has 0 amide bonds. The number of para-hydroxylation sites is 1. The van der Waals surface area contributed by atoms with E-state index >= 15 is 0 Å². The molecule has 0 unspecified atom stereocenters. The van der Waals surface area contributed by atoms with Gasteiger partial charge in [-0.25, -0.2) is 9.97 Å². The first kappa shape index (κ1) is 10.9. The molecule has 1 aromatic carbocycles. The molecule has 2 heterocycles. The van der Waals surface area contributed by atoms with Gasteiger partial charge < -0.3 is 0 Å². The zero-order valence-electron chi connectivity index (χ0n) is 10.4. The number of hydrogen-bond acceptors (Lipinski definition) is 3. The van der Waals surface area contributed by atoms with Gasteiger partial charge in [0.05, 0.1) is 11.7 Å². The average molecular weight is 238 g/mol. The van der Waals surface area contributed by atoms with Crippen LogP contribution in [0.3, 0.4) is 0 Å². The summed E-state index contributed by atoms with van der Waals surface area (Å²) in [7, 11) is 0. The summed E-state index contributed by atoms with van der Waals surface area (Å²) in [5, 5.41) is 8.18. The van der Waals surface area contributed by atoms with Gasteiger partial charge in [0.2, 0.25) is 0 Å². The first-order valence-corrected chi connectivity index (χ1v) is 6.00. The van der Waals surface area contributed by atoms with Crippen molar-refractivity contribution in [2.45, 2.75) is 19.8 Å². The van der Waals surface area contributed by atoms with Crippen molar-refractivity contribution < 1.29 is 0 Å². The lowest BCUT2D eigenvalue weighted by atomic mass is 10.1. The van der Waals surface area contributed by atoms with Crippen molar-refractivity contribution in [1.82, 2.24) is 20.2 Å². The summed E-state index contributed by atoms with van der Waals surface area (Å²) in [6.07, 6.45) is 5.57. The molecule has 2 aromatic heterocycles. The number of nitrogens with zero attached hydrogens (tertiary/aromatic N) is 3. The van der Waals surface area contributed by atoms with E-state index in [0.717, 1.165) is 27.9 Å². The molecule has 1 N–H and O–H groups in total. The number of nitrogens with one attached hydrogen (secondary N) is 1. The van der Waals surface area contributed by atoms with Crippen molar-refractivity contribution in [3.8, 4) is 11.1 Å². The van der Waals surface area contributed by atoms with E-state index in [0.29, 0.717) is 5.92 Å². The van der Waals surface area contributed by atoms with E-state index in [1.807, 2.05) is 36.8 Å². The first-order chi connectivity index (χ1) is 8.75. The SMILES string of the molecule is CC(C)c1ncc(-c2cccc3cn[nH]c23)cn1. The molecule has 0 aliphatic heterocycles. The monoisotopic (exact) mass is 238 g/mol. The van der Waals surface area contributed by atoms with Gasteiger partial charge in [0.1, 0.15) is 5.82 Å². The second-order valence-corrected chi connectivity index (χ2v) is 4.62.